The lowest BCUT2D eigenvalue weighted by Gasteiger charge is -2.30. The molecular formula is C12H20N3OS+. The van der Waals surface area contributed by atoms with E-state index < -0.39 is 0 Å². The Bertz CT molecular complexity index is 344. The van der Waals surface area contributed by atoms with E-state index in [1.165, 1.54) is 32.1 Å². The van der Waals surface area contributed by atoms with Crippen LogP contribution >= 0.6 is 12.2 Å². The van der Waals surface area contributed by atoms with Crippen molar-refractivity contribution in [2.45, 2.75) is 32.1 Å². The van der Waals surface area contributed by atoms with E-state index in [1.807, 2.05) is 0 Å². The summed E-state index contributed by atoms with van der Waals surface area (Å²) in [6.45, 7) is 3.32. The van der Waals surface area contributed by atoms with E-state index in [4.69, 9.17) is 22.1 Å². The highest BCUT2D eigenvalue weighted by Gasteiger charge is 2.44. The van der Waals surface area contributed by atoms with Crippen molar-refractivity contribution in [3.63, 3.8) is 0 Å². The van der Waals surface area contributed by atoms with Gasteiger partial charge in [-0.05, 0) is 12.8 Å². The van der Waals surface area contributed by atoms with Crippen LogP contribution in [0, 0.1) is 5.92 Å². The van der Waals surface area contributed by atoms with Gasteiger partial charge in [0.1, 0.15) is 13.1 Å². The Morgan fingerprint density at radius 2 is 1.88 bits per heavy atom. The van der Waals surface area contributed by atoms with Crippen LogP contribution in [-0.2, 0) is 4.74 Å². The molecule has 0 aromatic rings. The molecule has 1 saturated heterocycles. The second-order valence-electron chi connectivity index (χ2n) is 5.23. The van der Waals surface area contributed by atoms with Crippen LogP contribution in [0.25, 0.3) is 0 Å². The van der Waals surface area contributed by atoms with Gasteiger partial charge in [-0.2, -0.15) is 0 Å². The van der Waals surface area contributed by atoms with E-state index in [2.05, 4.69) is 5.32 Å². The topological polar surface area (TPSA) is 33.6 Å². The van der Waals surface area contributed by atoms with E-state index in [0.717, 1.165) is 37.3 Å². The first-order valence-corrected chi connectivity index (χ1v) is 7.07. The Morgan fingerprint density at radius 1 is 1.18 bits per heavy atom. The summed E-state index contributed by atoms with van der Waals surface area (Å²) in [5.74, 6) is 1.76. The molecule has 2 aliphatic heterocycles. The number of morpholine rings is 1. The molecule has 17 heavy (non-hydrogen) atoms. The van der Waals surface area contributed by atoms with Crippen molar-refractivity contribution in [3.05, 3.63) is 0 Å². The third-order valence-electron chi connectivity index (χ3n) is 4.12. The van der Waals surface area contributed by atoms with Gasteiger partial charge in [0, 0.05) is 18.1 Å². The van der Waals surface area contributed by atoms with E-state index in [1.54, 1.807) is 0 Å². The molecule has 1 saturated carbocycles. The van der Waals surface area contributed by atoms with Gasteiger partial charge in [-0.1, -0.05) is 24.4 Å². The van der Waals surface area contributed by atoms with Crippen LogP contribution in [0.5, 0.6) is 0 Å². The minimum atomic E-state index is 0.598. The molecule has 3 rings (SSSR count). The van der Waals surface area contributed by atoms with Crippen molar-refractivity contribution in [2.24, 2.45) is 11.0 Å². The number of thiocarbonyl (C=S) groups is 1. The smallest absolute Gasteiger partial charge is 0.302 e. The van der Waals surface area contributed by atoms with Gasteiger partial charge in [0.15, 0.2) is 5.84 Å². The SMILES string of the molecule is S=C1NC(C2CCCCC2)=N[N+]12CCOCC2. The van der Waals surface area contributed by atoms with E-state index in [0.29, 0.717) is 10.5 Å². The summed E-state index contributed by atoms with van der Waals surface area (Å²) in [5.41, 5.74) is 0. The Labute approximate surface area is 108 Å². The summed E-state index contributed by atoms with van der Waals surface area (Å²) in [7, 11) is 0. The molecule has 1 spiro atoms. The van der Waals surface area contributed by atoms with Gasteiger partial charge in [-0.3, -0.25) is 5.32 Å². The predicted octanol–water partition coefficient (Wildman–Crippen LogP) is 1.62. The van der Waals surface area contributed by atoms with Crippen molar-refractivity contribution < 1.29 is 9.33 Å². The minimum absolute atomic E-state index is 0.598. The van der Waals surface area contributed by atoms with E-state index in [9.17, 15) is 0 Å². The van der Waals surface area contributed by atoms with Crippen LogP contribution in [0.1, 0.15) is 32.1 Å². The van der Waals surface area contributed by atoms with E-state index >= 15 is 0 Å². The summed E-state index contributed by atoms with van der Waals surface area (Å²) < 4.78 is 6.01. The number of rotatable bonds is 1. The number of amidine groups is 1. The van der Waals surface area contributed by atoms with Crippen molar-refractivity contribution in [2.75, 3.05) is 26.3 Å². The summed E-state index contributed by atoms with van der Waals surface area (Å²) >= 11 is 5.49. The molecule has 5 heteroatoms. The van der Waals surface area contributed by atoms with Crippen molar-refractivity contribution in [1.82, 2.24) is 5.32 Å². The van der Waals surface area contributed by atoms with Crippen molar-refractivity contribution in [1.29, 1.82) is 0 Å². The fraction of sp³-hybridized carbons (Fsp3) is 0.833. The van der Waals surface area contributed by atoms with Crippen molar-refractivity contribution >= 4 is 23.2 Å². The van der Waals surface area contributed by atoms with Gasteiger partial charge in [0.05, 0.1) is 13.2 Å². The zero-order valence-electron chi connectivity index (χ0n) is 10.2. The highest BCUT2D eigenvalue weighted by Crippen LogP contribution is 2.28. The fourth-order valence-electron chi connectivity index (χ4n) is 3.00. The molecule has 94 valence electrons. The molecule has 0 aromatic heterocycles. The van der Waals surface area contributed by atoms with Gasteiger partial charge in [0.25, 0.3) is 0 Å². The second kappa shape index (κ2) is 4.63. The molecule has 0 bridgehead atoms. The molecule has 0 radical (unpaired) electrons. The summed E-state index contributed by atoms with van der Waals surface area (Å²) in [4.78, 5) is 0. The van der Waals surface area contributed by atoms with Gasteiger partial charge in [-0.25, -0.2) is 0 Å². The highest BCUT2D eigenvalue weighted by atomic mass is 32.1. The van der Waals surface area contributed by atoms with Gasteiger partial charge >= 0.3 is 5.11 Å². The molecule has 0 amide bonds. The molecule has 2 fully saturated rings. The maximum atomic E-state index is 5.49. The maximum absolute atomic E-state index is 5.49. The highest BCUT2D eigenvalue weighted by molar-refractivity contribution is 7.80. The summed E-state index contributed by atoms with van der Waals surface area (Å²) in [5, 5.41) is 9.17. The van der Waals surface area contributed by atoms with Crippen LogP contribution in [-0.4, -0.2) is 41.8 Å². The Kier molecular flexibility index (Phi) is 3.15. The number of quaternary nitrogens is 1. The Balaban J connectivity index is 1.77. The second-order valence-corrected chi connectivity index (χ2v) is 5.62. The zero-order valence-corrected chi connectivity index (χ0v) is 11.0. The molecule has 3 aliphatic rings. The quantitative estimate of drug-likeness (QED) is 0.570. The van der Waals surface area contributed by atoms with Crippen LogP contribution < -0.4 is 5.32 Å². The lowest BCUT2D eigenvalue weighted by Crippen LogP contribution is -2.54. The molecule has 0 unspecified atom stereocenters. The number of hydrogen-bond acceptors (Lipinski definition) is 3. The Morgan fingerprint density at radius 3 is 2.59 bits per heavy atom. The molecule has 2 heterocycles. The number of nitrogens with one attached hydrogen (secondary N) is 1. The molecule has 1 aliphatic carbocycles. The summed E-state index contributed by atoms with van der Waals surface area (Å²) in [6, 6.07) is 0. The average Bonchev–Trinajstić information content (AvgIpc) is 2.69. The molecule has 4 nitrogen and oxygen atoms in total. The van der Waals surface area contributed by atoms with E-state index in [-0.39, 0.29) is 0 Å². The maximum Gasteiger partial charge on any atom is 0.302 e. The minimum Gasteiger partial charge on any atom is -0.370 e. The summed E-state index contributed by atoms with van der Waals surface area (Å²) in [6.07, 6.45) is 6.58. The molecule has 0 aromatic carbocycles. The monoisotopic (exact) mass is 254 g/mol. The molecular weight excluding hydrogens is 234 g/mol. The third kappa shape index (κ3) is 2.11. The third-order valence-corrected chi connectivity index (χ3v) is 4.56. The van der Waals surface area contributed by atoms with Crippen LogP contribution in [0.2, 0.25) is 0 Å². The number of ether oxygens (including phenoxy) is 1. The number of nitrogens with zero attached hydrogens (tertiary/aromatic N) is 2. The fourth-order valence-corrected chi connectivity index (χ4v) is 3.33. The van der Waals surface area contributed by atoms with Gasteiger partial charge < -0.3 is 4.74 Å². The Hall–Kier alpha value is -0.520. The van der Waals surface area contributed by atoms with Gasteiger partial charge in [0.2, 0.25) is 0 Å². The average molecular weight is 254 g/mol. The lowest BCUT2D eigenvalue weighted by molar-refractivity contribution is -0.853. The van der Waals surface area contributed by atoms with Crippen LogP contribution in [0.4, 0.5) is 0 Å². The van der Waals surface area contributed by atoms with Gasteiger partial charge in [-0.15, -0.1) is 4.59 Å². The van der Waals surface area contributed by atoms with Crippen LogP contribution in [0.15, 0.2) is 5.10 Å². The number of hydrogen-bond donors (Lipinski definition) is 1. The normalized spacial score (nSPS) is 29.2. The lowest BCUT2D eigenvalue weighted by atomic mass is 9.88. The van der Waals surface area contributed by atoms with Crippen molar-refractivity contribution in [3.8, 4) is 0 Å². The first-order valence-electron chi connectivity index (χ1n) is 6.67. The largest absolute Gasteiger partial charge is 0.370 e. The first kappa shape index (κ1) is 11.6. The predicted molar refractivity (Wildman–Crippen MR) is 70.6 cm³/mol. The molecule has 0 atom stereocenters. The first-order chi connectivity index (χ1) is 8.30. The zero-order chi connectivity index (χ0) is 11.7. The standard InChI is InChI=1S/C12H19N3OS/c17-12-13-11(10-4-2-1-3-5-10)14-15(12)6-8-16-9-7-15/h10H,1-9H2/p+1. The van der Waals surface area contributed by atoms with Crippen LogP contribution in [0.3, 0.4) is 0 Å². The molecule has 1 N–H and O–H groups in total.